The van der Waals surface area contributed by atoms with E-state index < -0.39 is 10.0 Å². The van der Waals surface area contributed by atoms with Crippen molar-refractivity contribution in [3.63, 3.8) is 0 Å². The number of hydrogen-bond donors (Lipinski definition) is 2. The van der Waals surface area contributed by atoms with Crippen molar-refractivity contribution in [2.45, 2.75) is 44.4 Å². The normalized spacial score (nSPS) is 14.9. The van der Waals surface area contributed by atoms with Crippen molar-refractivity contribution in [3.05, 3.63) is 59.2 Å². The molecule has 0 heterocycles. The Kier molecular flexibility index (Phi) is 5.85. The third kappa shape index (κ3) is 4.69. The number of amides is 1. The lowest BCUT2D eigenvalue weighted by molar-refractivity contribution is 0.0946. The molecule has 6 heteroatoms. The molecule has 1 aliphatic carbocycles. The first kappa shape index (κ1) is 19.4. The minimum atomic E-state index is -3.77. The number of sulfonamides is 1. The third-order valence-electron chi connectivity index (χ3n) is 5.18. The third-order valence-corrected chi connectivity index (χ3v) is 6.54. The number of anilines is 1. The predicted octanol–water partition coefficient (Wildman–Crippen LogP) is 4.02. The first-order valence-electron chi connectivity index (χ1n) is 9.34. The van der Waals surface area contributed by atoms with Crippen LogP contribution in [0.5, 0.6) is 0 Å². The van der Waals surface area contributed by atoms with Crippen LogP contribution in [0, 0.1) is 19.8 Å². The maximum Gasteiger partial charge on any atom is 0.261 e. The number of carbonyl (C=O) groups is 1. The van der Waals surface area contributed by atoms with Gasteiger partial charge in [-0.3, -0.25) is 9.52 Å². The van der Waals surface area contributed by atoms with Gasteiger partial charge in [-0.15, -0.1) is 0 Å². The van der Waals surface area contributed by atoms with E-state index in [1.807, 2.05) is 26.0 Å². The summed E-state index contributed by atoms with van der Waals surface area (Å²) in [5.41, 5.74) is 2.53. The molecule has 0 spiro atoms. The molecule has 0 aliphatic heterocycles. The van der Waals surface area contributed by atoms with Gasteiger partial charge in [0.05, 0.1) is 10.6 Å². The summed E-state index contributed by atoms with van der Waals surface area (Å²) in [4.78, 5) is 12.7. The van der Waals surface area contributed by atoms with Gasteiger partial charge in [0.15, 0.2) is 0 Å². The number of hydrogen-bond acceptors (Lipinski definition) is 3. The molecule has 2 N–H and O–H groups in total. The highest BCUT2D eigenvalue weighted by Crippen LogP contribution is 2.24. The van der Waals surface area contributed by atoms with E-state index in [1.165, 1.54) is 25.0 Å². The first-order chi connectivity index (χ1) is 12.9. The first-order valence-corrected chi connectivity index (χ1v) is 10.8. The molecule has 0 bridgehead atoms. The Bertz CT molecular complexity index is 932. The zero-order valence-corrected chi connectivity index (χ0v) is 16.6. The molecule has 3 rings (SSSR count). The van der Waals surface area contributed by atoms with E-state index in [1.54, 1.807) is 18.2 Å². The van der Waals surface area contributed by atoms with Gasteiger partial charge in [-0.25, -0.2) is 8.42 Å². The second-order valence-electron chi connectivity index (χ2n) is 7.26. The molecule has 0 radical (unpaired) electrons. The van der Waals surface area contributed by atoms with Crippen LogP contribution in [-0.2, 0) is 10.0 Å². The number of carbonyl (C=O) groups excluding carboxylic acids is 1. The molecule has 0 saturated heterocycles. The van der Waals surface area contributed by atoms with Gasteiger partial charge in [0, 0.05) is 12.1 Å². The molecule has 1 saturated carbocycles. The quantitative estimate of drug-likeness (QED) is 0.787. The van der Waals surface area contributed by atoms with Crippen LogP contribution in [0.15, 0.2) is 47.4 Å². The van der Waals surface area contributed by atoms with Crippen molar-refractivity contribution in [2.24, 2.45) is 5.92 Å². The van der Waals surface area contributed by atoms with Gasteiger partial charge < -0.3 is 5.32 Å². The van der Waals surface area contributed by atoms with Gasteiger partial charge in [0.25, 0.3) is 15.9 Å². The molecule has 1 fully saturated rings. The van der Waals surface area contributed by atoms with Crippen LogP contribution in [0.4, 0.5) is 5.69 Å². The van der Waals surface area contributed by atoms with Gasteiger partial charge in [0.2, 0.25) is 0 Å². The highest BCUT2D eigenvalue weighted by Gasteiger charge is 2.20. The highest BCUT2D eigenvalue weighted by atomic mass is 32.2. The molecule has 5 nitrogen and oxygen atoms in total. The average Bonchev–Trinajstić information content (AvgIpc) is 3.15. The predicted molar refractivity (Wildman–Crippen MR) is 107 cm³/mol. The molecule has 1 aliphatic rings. The van der Waals surface area contributed by atoms with E-state index in [-0.39, 0.29) is 10.8 Å². The van der Waals surface area contributed by atoms with Crippen molar-refractivity contribution in [3.8, 4) is 0 Å². The zero-order chi connectivity index (χ0) is 19.4. The Labute approximate surface area is 161 Å². The summed E-state index contributed by atoms with van der Waals surface area (Å²) in [7, 11) is -3.77. The van der Waals surface area contributed by atoms with Crippen LogP contribution in [0.3, 0.4) is 0 Å². The van der Waals surface area contributed by atoms with Crippen molar-refractivity contribution >= 4 is 21.6 Å². The summed E-state index contributed by atoms with van der Waals surface area (Å²) >= 11 is 0. The molecule has 27 heavy (non-hydrogen) atoms. The van der Waals surface area contributed by atoms with Gasteiger partial charge >= 0.3 is 0 Å². The van der Waals surface area contributed by atoms with Crippen LogP contribution in [-0.4, -0.2) is 20.9 Å². The summed E-state index contributed by atoms with van der Waals surface area (Å²) in [5.74, 6) is 0.316. The maximum absolute atomic E-state index is 12.8. The fourth-order valence-corrected chi connectivity index (χ4v) is 4.61. The minimum absolute atomic E-state index is 0.0855. The van der Waals surface area contributed by atoms with Gasteiger partial charge in [0.1, 0.15) is 0 Å². The fraction of sp³-hybridized carbons (Fsp3) is 0.381. The maximum atomic E-state index is 12.8. The Morgan fingerprint density at radius 1 is 1.04 bits per heavy atom. The number of nitrogens with one attached hydrogen (secondary N) is 2. The number of benzene rings is 2. The minimum Gasteiger partial charge on any atom is -0.352 e. The van der Waals surface area contributed by atoms with Crippen LogP contribution >= 0.6 is 0 Å². The summed E-state index contributed by atoms with van der Waals surface area (Å²) < 4.78 is 28.1. The molecule has 2 aromatic carbocycles. The fourth-order valence-electron chi connectivity index (χ4n) is 3.45. The molecule has 1 amide bonds. The molecular formula is C21H26N2O3S. The lowest BCUT2D eigenvalue weighted by Crippen LogP contribution is -2.29. The van der Waals surface area contributed by atoms with Gasteiger partial charge in [-0.2, -0.15) is 0 Å². The monoisotopic (exact) mass is 386 g/mol. The van der Waals surface area contributed by atoms with Crippen LogP contribution < -0.4 is 10.0 Å². The molecule has 2 aromatic rings. The molecule has 0 aromatic heterocycles. The average molecular weight is 387 g/mol. The smallest absolute Gasteiger partial charge is 0.261 e. The molecule has 0 unspecified atom stereocenters. The van der Waals surface area contributed by atoms with Crippen molar-refractivity contribution in [1.29, 1.82) is 0 Å². The number of aryl methyl sites for hydroxylation is 2. The number of para-hydroxylation sites is 1. The van der Waals surface area contributed by atoms with E-state index in [0.717, 1.165) is 24.0 Å². The Hall–Kier alpha value is -2.34. The summed E-state index contributed by atoms with van der Waals surface area (Å²) in [6.45, 7) is 4.31. The van der Waals surface area contributed by atoms with Gasteiger partial charge in [-0.05, 0) is 61.9 Å². The SMILES string of the molecule is Cc1ccccc1NS(=O)(=O)c1ccc(C)c(C(=O)NCC2CCCC2)c1. The van der Waals surface area contributed by atoms with E-state index in [2.05, 4.69) is 10.0 Å². The summed E-state index contributed by atoms with van der Waals surface area (Å²) in [6.07, 6.45) is 4.73. The second kappa shape index (κ2) is 8.13. The van der Waals surface area contributed by atoms with E-state index >= 15 is 0 Å². The molecule has 144 valence electrons. The van der Waals surface area contributed by atoms with E-state index in [0.29, 0.717) is 23.7 Å². The number of rotatable bonds is 6. The Morgan fingerprint density at radius 2 is 1.74 bits per heavy atom. The van der Waals surface area contributed by atoms with Crippen molar-refractivity contribution < 1.29 is 13.2 Å². The van der Waals surface area contributed by atoms with Gasteiger partial charge in [-0.1, -0.05) is 37.1 Å². The molecular weight excluding hydrogens is 360 g/mol. The van der Waals surface area contributed by atoms with Crippen LogP contribution in [0.2, 0.25) is 0 Å². The van der Waals surface area contributed by atoms with Crippen LogP contribution in [0.1, 0.15) is 47.2 Å². The summed E-state index contributed by atoms with van der Waals surface area (Å²) in [5, 5.41) is 2.97. The lowest BCUT2D eigenvalue weighted by atomic mass is 10.1. The van der Waals surface area contributed by atoms with Crippen LogP contribution in [0.25, 0.3) is 0 Å². The standard InChI is InChI=1S/C21H26N2O3S/c1-15-11-12-18(27(25,26)23-20-10-6-3-7-16(20)2)13-19(15)21(24)22-14-17-8-4-5-9-17/h3,6-7,10-13,17,23H,4-5,8-9,14H2,1-2H3,(H,22,24). The Balaban J connectivity index is 1.79. The van der Waals surface area contributed by atoms with Crippen molar-refractivity contribution in [1.82, 2.24) is 5.32 Å². The zero-order valence-electron chi connectivity index (χ0n) is 15.8. The topological polar surface area (TPSA) is 75.3 Å². The van der Waals surface area contributed by atoms with Crippen molar-refractivity contribution in [2.75, 3.05) is 11.3 Å². The van der Waals surface area contributed by atoms with E-state index in [9.17, 15) is 13.2 Å². The largest absolute Gasteiger partial charge is 0.352 e. The summed E-state index contributed by atoms with van der Waals surface area (Å²) in [6, 6.07) is 11.9. The van der Waals surface area contributed by atoms with E-state index in [4.69, 9.17) is 0 Å². The second-order valence-corrected chi connectivity index (χ2v) is 8.94. The highest BCUT2D eigenvalue weighted by molar-refractivity contribution is 7.92. The lowest BCUT2D eigenvalue weighted by Gasteiger charge is -2.14. The molecule has 0 atom stereocenters. The Morgan fingerprint density at radius 3 is 2.44 bits per heavy atom.